The normalized spacial score (nSPS) is 32.0. The molecule has 0 radical (unpaired) electrons. The van der Waals surface area contributed by atoms with Crippen LogP contribution < -0.4 is 31.2 Å². The Labute approximate surface area is 118 Å². The molecule has 0 spiro atoms. The predicted molar refractivity (Wildman–Crippen MR) is 64.6 cm³/mol. The molecule has 0 aromatic carbocycles. The van der Waals surface area contributed by atoms with E-state index < -0.39 is 0 Å². The van der Waals surface area contributed by atoms with Gasteiger partial charge in [-0.1, -0.05) is 0 Å². The van der Waals surface area contributed by atoms with Gasteiger partial charge in [-0.05, 0) is 27.7 Å². The Bertz CT molecular complexity index is 131. The van der Waals surface area contributed by atoms with Gasteiger partial charge < -0.3 is 32.7 Å². The van der Waals surface area contributed by atoms with Crippen molar-refractivity contribution in [3.63, 3.8) is 0 Å². The van der Waals surface area contributed by atoms with E-state index in [4.69, 9.17) is 18.9 Å². The molecule has 0 aliphatic carbocycles. The van der Waals surface area contributed by atoms with E-state index in [1.54, 1.807) is 0 Å². The molecule has 17 heavy (non-hydrogen) atoms. The fraction of sp³-hybridized carbons (Fsp3) is 0.800. The van der Waals surface area contributed by atoms with Crippen LogP contribution in [0.25, 0.3) is 0 Å². The topological polar surface area (TPSA) is 107 Å². The smallest absolute Gasteiger partial charge is 1.00 e. The molecule has 1 saturated heterocycles. The van der Waals surface area contributed by atoms with Gasteiger partial charge in [-0.2, -0.15) is 0 Å². The van der Waals surface area contributed by atoms with Gasteiger partial charge in [0, 0.05) is 0 Å². The molecular formula is C10H27LiN2O4. The summed E-state index contributed by atoms with van der Waals surface area (Å²) in [6.07, 6.45) is -1.16. The summed E-state index contributed by atoms with van der Waals surface area (Å²) >= 11 is 0. The van der Waals surface area contributed by atoms with Crippen LogP contribution in [0.5, 0.6) is 0 Å². The Morgan fingerprint density at radius 3 is 0.882 bits per heavy atom. The first-order chi connectivity index (χ1) is 6.58. The summed E-state index contributed by atoms with van der Waals surface area (Å²) in [5.74, 6) is 0. The van der Waals surface area contributed by atoms with E-state index in [1.165, 1.54) is 0 Å². The van der Waals surface area contributed by atoms with Crippen molar-refractivity contribution in [2.24, 2.45) is 0 Å². The molecule has 1 heterocycles. The first kappa shape index (κ1) is 25.8. The first-order valence-electron chi connectivity index (χ1n) is 4.70. The van der Waals surface area contributed by atoms with E-state index >= 15 is 0 Å². The molecule has 6 N–H and O–H groups in total. The summed E-state index contributed by atoms with van der Waals surface area (Å²) in [7, 11) is 0. The molecule has 0 atom stereocenters. The minimum absolute atomic E-state index is 0. The molecule has 1 aliphatic heterocycles. The van der Waals surface area contributed by atoms with Gasteiger partial charge in [-0.25, -0.2) is 0 Å². The molecule has 0 unspecified atom stereocenters. The molecule has 0 aromatic rings. The van der Waals surface area contributed by atoms with Crippen LogP contribution in [0.15, 0.2) is 13.2 Å². The van der Waals surface area contributed by atoms with E-state index in [0.29, 0.717) is 0 Å². The van der Waals surface area contributed by atoms with Crippen LogP contribution >= 0.6 is 0 Å². The Kier molecular flexibility index (Phi) is 21.5. The Morgan fingerprint density at radius 2 is 0.765 bits per heavy atom. The number of hydrogen-bond donors (Lipinski definition) is 2. The van der Waals surface area contributed by atoms with Crippen LogP contribution in [0, 0.1) is 0 Å². The largest absolute Gasteiger partial charge is 1.00 e. The van der Waals surface area contributed by atoms with Crippen LogP contribution in [0.3, 0.4) is 0 Å². The van der Waals surface area contributed by atoms with Crippen molar-refractivity contribution in [3.05, 3.63) is 13.2 Å². The van der Waals surface area contributed by atoms with E-state index in [2.05, 4.69) is 13.2 Å². The third-order valence-electron chi connectivity index (χ3n) is 1.53. The van der Waals surface area contributed by atoms with Gasteiger partial charge in [-0.3, -0.25) is 0 Å². The zero-order valence-corrected chi connectivity index (χ0v) is 11.8. The zero-order chi connectivity index (χ0) is 11.1. The standard InChI is InChI=1S/C8H16O4.C2H4.Li.2H3N.H/c1-5-9-6(2)11-8(4)12-7(3)10-5;1-2;;;;/h5-8H,1-4H3;1-2H2;;2*1H3;/q;;+1;;;-1. The Hall–Kier alpha value is 0.0974. The molecule has 0 aromatic heterocycles. The van der Waals surface area contributed by atoms with Crippen LogP contribution in [0.1, 0.15) is 29.1 Å². The van der Waals surface area contributed by atoms with Gasteiger partial charge in [0.1, 0.15) is 0 Å². The van der Waals surface area contributed by atoms with Crippen molar-refractivity contribution < 1.29 is 39.2 Å². The van der Waals surface area contributed by atoms with Crippen LogP contribution in [-0.4, -0.2) is 25.2 Å². The molecule has 1 aliphatic rings. The average Bonchev–Trinajstić information content (AvgIpc) is 2.03. The summed E-state index contributed by atoms with van der Waals surface area (Å²) in [4.78, 5) is 0. The number of rotatable bonds is 0. The summed E-state index contributed by atoms with van der Waals surface area (Å²) in [5.41, 5.74) is 0. The Balaban J connectivity index is -0.0000000894. The zero-order valence-electron chi connectivity index (χ0n) is 12.8. The van der Waals surface area contributed by atoms with Crippen LogP contribution in [0.4, 0.5) is 0 Å². The molecule has 102 valence electrons. The van der Waals surface area contributed by atoms with Gasteiger partial charge in [0.2, 0.25) is 0 Å². The van der Waals surface area contributed by atoms with Crippen LogP contribution in [-0.2, 0) is 18.9 Å². The third kappa shape index (κ3) is 12.3. The van der Waals surface area contributed by atoms with E-state index in [0.717, 1.165) is 0 Å². The van der Waals surface area contributed by atoms with Gasteiger partial charge in [0.25, 0.3) is 0 Å². The maximum absolute atomic E-state index is 5.31. The van der Waals surface area contributed by atoms with Crippen molar-refractivity contribution in [2.45, 2.75) is 52.9 Å². The van der Waals surface area contributed by atoms with Gasteiger partial charge in [0.05, 0.1) is 0 Å². The first-order valence-corrected chi connectivity index (χ1v) is 4.70. The van der Waals surface area contributed by atoms with E-state index in [1.807, 2.05) is 27.7 Å². The molecule has 0 amide bonds. The molecule has 0 saturated carbocycles. The summed E-state index contributed by atoms with van der Waals surface area (Å²) in [6, 6.07) is 0. The SMILES string of the molecule is C=C.CC1OC(C)OC(C)OC(C)O1.N.N.[H-].[Li+]. The fourth-order valence-electron chi connectivity index (χ4n) is 1.21. The number of hydrogen-bond acceptors (Lipinski definition) is 6. The van der Waals surface area contributed by atoms with Crippen molar-refractivity contribution in [1.29, 1.82) is 0 Å². The van der Waals surface area contributed by atoms with E-state index in [9.17, 15) is 0 Å². The number of ether oxygens (including phenoxy) is 4. The minimum atomic E-state index is -0.289. The molecule has 7 heteroatoms. The average molecular weight is 246 g/mol. The van der Waals surface area contributed by atoms with Crippen LogP contribution in [0.2, 0.25) is 0 Å². The quantitative estimate of drug-likeness (QED) is 0.448. The molecule has 6 nitrogen and oxygen atoms in total. The predicted octanol–water partition coefficient (Wildman–Crippen LogP) is -0.307. The fourth-order valence-corrected chi connectivity index (χ4v) is 1.21. The summed E-state index contributed by atoms with van der Waals surface area (Å²) < 4.78 is 21.2. The van der Waals surface area contributed by atoms with Gasteiger partial charge in [-0.15, -0.1) is 13.2 Å². The monoisotopic (exact) mass is 246 g/mol. The second-order valence-corrected chi connectivity index (χ2v) is 2.81. The van der Waals surface area contributed by atoms with Crippen molar-refractivity contribution in [2.75, 3.05) is 0 Å². The van der Waals surface area contributed by atoms with Crippen molar-refractivity contribution in [1.82, 2.24) is 12.3 Å². The Morgan fingerprint density at radius 1 is 0.647 bits per heavy atom. The second kappa shape index (κ2) is 14.2. The molecular weight excluding hydrogens is 219 g/mol. The summed E-state index contributed by atoms with van der Waals surface area (Å²) in [5, 5.41) is 0. The maximum Gasteiger partial charge on any atom is 1.00 e. The van der Waals surface area contributed by atoms with Crippen molar-refractivity contribution in [3.8, 4) is 0 Å². The summed E-state index contributed by atoms with van der Waals surface area (Å²) in [6.45, 7) is 13.3. The maximum atomic E-state index is 5.31. The third-order valence-corrected chi connectivity index (χ3v) is 1.53. The molecule has 1 rings (SSSR count). The van der Waals surface area contributed by atoms with Gasteiger partial charge >= 0.3 is 18.9 Å². The van der Waals surface area contributed by atoms with E-state index in [-0.39, 0.29) is 57.7 Å². The minimum Gasteiger partial charge on any atom is -1.00 e. The van der Waals surface area contributed by atoms with Gasteiger partial charge in [0.15, 0.2) is 25.2 Å². The molecule has 1 fully saturated rings. The molecule has 0 bridgehead atoms. The van der Waals surface area contributed by atoms with Crippen molar-refractivity contribution >= 4 is 0 Å². The second-order valence-electron chi connectivity index (χ2n) is 2.81.